The second kappa shape index (κ2) is 15.4. The smallest absolute Gasteiger partial charge is 0.338 e. The maximum atomic E-state index is 14.2. The normalized spacial score (nSPS) is 14.4. The summed E-state index contributed by atoms with van der Waals surface area (Å²) in [6.07, 6.45) is 1.69. The zero-order valence-corrected chi connectivity index (χ0v) is 30.4. The number of aromatic nitrogens is 1. The maximum absolute atomic E-state index is 14.2. The Morgan fingerprint density at radius 1 is 1.04 bits per heavy atom. The van der Waals surface area contributed by atoms with E-state index in [0.29, 0.717) is 50.2 Å². The first-order chi connectivity index (χ1) is 23.0. The van der Waals surface area contributed by atoms with Gasteiger partial charge in [0, 0.05) is 0 Å². The average Bonchev–Trinajstić information content (AvgIpc) is 3.34. The predicted molar refractivity (Wildman–Crippen MR) is 190 cm³/mol. The van der Waals surface area contributed by atoms with E-state index in [1.165, 1.54) is 28.0 Å². The van der Waals surface area contributed by atoms with E-state index >= 15 is 0 Å². The number of thiazole rings is 1. The van der Waals surface area contributed by atoms with E-state index < -0.39 is 12.0 Å². The summed E-state index contributed by atoms with van der Waals surface area (Å²) >= 11 is 3.40. The van der Waals surface area contributed by atoms with Crippen molar-refractivity contribution in [2.75, 3.05) is 20.3 Å². The van der Waals surface area contributed by atoms with Crippen LogP contribution in [0.5, 0.6) is 23.0 Å². The quantitative estimate of drug-likeness (QED) is 0.123. The molecule has 1 aliphatic rings. The minimum Gasteiger partial charge on any atom is -0.493 e. The zero-order valence-electron chi connectivity index (χ0n) is 27.5. The summed E-state index contributed by atoms with van der Waals surface area (Å²) in [6.45, 7) is 9.98. The first-order valence-corrected chi connectivity index (χ1v) is 17.3. The fourth-order valence-electron chi connectivity index (χ4n) is 5.27. The molecule has 0 saturated heterocycles. The number of carbonyl (C=O) groups is 1. The van der Waals surface area contributed by atoms with Crippen LogP contribution in [0.15, 0.2) is 75.7 Å². The van der Waals surface area contributed by atoms with E-state index in [4.69, 9.17) is 23.7 Å². The SMILES string of the molecule is CCOC(=O)C1=C(C)N=c2s/c(=C\c3cc(I)c(OCc4ccc(F)cc4)c(OCC)c3)c(=O)n2[C@@H]1c1ccc(OC(C)C)c(OC)c1. The molecular formula is C36H36FIN2O7S. The van der Waals surface area contributed by atoms with Crippen molar-refractivity contribution in [3.8, 4) is 23.0 Å². The minimum absolute atomic E-state index is 0.0820. The number of esters is 1. The van der Waals surface area contributed by atoms with Crippen molar-refractivity contribution in [3.05, 3.63) is 112 Å². The lowest BCUT2D eigenvalue weighted by Gasteiger charge is -2.25. The molecule has 0 bridgehead atoms. The summed E-state index contributed by atoms with van der Waals surface area (Å²) in [6, 6.07) is 14.4. The van der Waals surface area contributed by atoms with Gasteiger partial charge >= 0.3 is 5.97 Å². The monoisotopic (exact) mass is 786 g/mol. The summed E-state index contributed by atoms with van der Waals surface area (Å²) in [4.78, 5) is 32.7. The third-order valence-corrected chi connectivity index (χ3v) is 9.09. The van der Waals surface area contributed by atoms with Gasteiger partial charge in [-0.3, -0.25) is 9.36 Å². The molecule has 1 atom stereocenters. The molecule has 0 fully saturated rings. The van der Waals surface area contributed by atoms with Crippen LogP contribution in [0.1, 0.15) is 57.4 Å². The molecule has 4 aromatic rings. The lowest BCUT2D eigenvalue weighted by molar-refractivity contribution is -0.139. The molecule has 48 heavy (non-hydrogen) atoms. The van der Waals surface area contributed by atoms with Crippen LogP contribution in [0.3, 0.4) is 0 Å². The second-order valence-corrected chi connectivity index (χ2v) is 13.2. The van der Waals surface area contributed by atoms with E-state index in [1.54, 1.807) is 51.3 Å². The Hall–Kier alpha value is -4.17. The van der Waals surface area contributed by atoms with Gasteiger partial charge in [0.1, 0.15) is 12.4 Å². The van der Waals surface area contributed by atoms with Crippen LogP contribution in [0, 0.1) is 9.39 Å². The summed E-state index contributed by atoms with van der Waals surface area (Å²) in [5.74, 6) is 1.22. The van der Waals surface area contributed by atoms with Gasteiger partial charge in [-0.05, 0) is 116 Å². The molecule has 12 heteroatoms. The van der Waals surface area contributed by atoms with Crippen molar-refractivity contribution < 1.29 is 32.9 Å². The number of nitrogens with zero attached hydrogens (tertiary/aromatic N) is 2. The Kier molecular flexibility index (Phi) is 11.3. The van der Waals surface area contributed by atoms with E-state index in [1.807, 2.05) is 39.0 Å². The largest absolute Gasteiger partial charge is 0.493 e. The molecule has 9 nitrogen and oxygen atoms in total. The fraction of sp³-hybridized carbons (Fsp3) is 0.306. The van der Waals surface area contributed by atoms with Crippen LogP contribution in [-0.4, -0.2) is 37.0 Å². The average molecular weight is 787 g/mol. The number of hydrogen-bond donors (Lipinski definition) is 0. The number of fused-ring (bicyclic) bond motifs is 1. The molecule has 252 valence electrons. The van der Waals surface area contributed by atoms with E-state index in [-0.39, 0.29) is 36.3 Å². The number of allylic oxidation sites excluding steroid dienone is 1. The third kappa shape index (κ3) is 7.59. The molecule has 1 aliphatic heterocycles. The molecular weight excluding hydrogens is 750 g/mol. The highest BCUT2D eigenvalue weighted by Gasteiger charge is 2.34. The summed E-state index contributed by atoms with van der Waals surface area (Å²) in [7, 11) is 1.54. The molecule has 5 rings (SSSR count). The van der Waals surface area contributed by atoms with E-state index in [9.17, 15) is 14.0 Å². The van der Waals surface area contributed by atoms with Crippen molar-refractivity contribution in [3.63, 3.8) is 0 Å². The zero-order chi connectivity index (χ0) is 34.5. The molecule has 0 amide bonds. The van der Waals surface area contributed by atoms with Crippen molar-refractivity contribution >= 4 is 46.0 Å². The highest BCUT2D eigenvalue weighted by molar-refractivity contribution is 14.1. The van der Waals surface area contributed by atoms with Crippen LogP contribution >= 0.6 is 33.9 Å². The highest BCUT2D eigenvalue weighted by atomic mass is 127. The number of ether oxygens (including phenoxy) is 5. The fourth-order valence-corrected chi connectivity index (χ4v) is 7.10. The lowest BCUT2D eigenvalue weighted by Crippen LogP contribution is -2.40. The predicted octanol–water partition coefficient (Wildman–Crippen LogP) is 6.32. The Balaban J connectivity index is 1.60. The van der Waals surface area contributed by atoms with Gasteiger partial charge < -0.3 is 23.7 Å². The third-order valence-electron chi connectivity index (χ3n) is 7.31. The van der Waals surface area contributed by atoms with Crippen molar-refractivity contribution in [1.82, 2.24) is 4.57 Å². The van der Waals surface area contributed by atoms with Gasteiger partial charge in [-0.15, -0.1) is 0 Å². The van der Waals surface area contributed by atoms with Crippen LogP contribution in [0.2, 0.25) is 0 Å². The first kappa shape index (κ1) is 35.1. The van der Waals surface area contributed by atoms with Crippen LogP contribution in [-0.2, 0) is 16.1 Å². The molecule has 2 heterocycles. The van der Waals surface area contributed by atoms with Crippen molar-refractivity contribution in [2.24, 2.45) is 4.99 Å². The van der Waals surface area contributed by atoms with Crippen molar-refractivity contribution in [1.29, 1.82) is 0 Å². The van der Waals surface area contributed by atoms with Gasteiger partial charge in [0.25, 0.3) is 5.56 Å². The van der Waals surface area contributed by atoms with Crippen LogP contribution in [0.4, 0.5) is 4.39 Å². The summed E-state index contributed by atoms with van der Waals surface area (Å²) < 4.78 is 45.1. The van der Waals surface area contributed by atoms with E-state index in [0.717, 1.165) is 14.7 Å². The molecule has 0 aliphatic carbocycles. The molecule has 3 aromatic carbocycles. The van der Waals surface area contributed by atoms with E-state index in [2.05, 4.69) is 27.6 Å². The van der Waals surface area contributed by atoms with Crippen LogP contribution < -0.4 is 33.8 Å². The number of methoxy groups -OCH3 is 1. The first-order valence-electron chi connectivity index (χ1n) is 15.4. The van der Waals surface area contributed by atoms with Gasteiger partial charge in [0.2, 0.25) is 0 Å². The molecule has 1 aromatic heterocycles. The topological polar surface area (TPSA) is 97.6 Å². The van der Waals surface area contributed by atoms with Gasteiger partial charge in [0.05, 0.1) is 51.8 Å². The second-order valence-electron chi connectivity index (χ2n) is 11.1. The number of rotatable bonds is 12. The number of benzene rings is 3. The summed E-state index contributed by atoms with van der Waals surface area (Å²) in [5.41, 5.74) is 2.59. The van der Waals surface area contributed by atoms with Gasteiger partial charge in [-0.1, -0.05) is 29.5 Å². The van der Waals surface area contributed by atoms with Crippen LogP contribution in [0.25, 0.3) is 6.08 Å². The van der Waals surface area contributed by atoms with Gasteiger partial charge in [0.15, 0.2) is 27.8 Å². The standard InChI is InChI=1S/C36H36FIN2O7S/c1-7-44-29-16-23(15-26(38)33(29)46-19-22-9-12-25(37)13-10-22)17-30-34(41)40-32(24-11-14-27(47-20(3)4)28(18-24)43-6)31(35(42)45-8-2)21(5)39-36(40)48-30/h9-18,20,32H,7-8,19H2,1-6H3/b30-17-/t32-/m1/s1. The van der Waals surface area contributed by atoms with Crippen molar-refractivity contribution in [2.45, 2.75) is 53.4 Å². The Labute approximate surface area is 295 Å². The molecule has 0 spiro atoms. The Bertz CT molecular complexity index is 2040. The number of carbonyl (C=O) groups excluding carboxylic acids is 1. The highest BCUT2D eigenvalue weighted by Crippen LogP contribution is 2.37. The Morgan fingerprint density at radius 2 is 1.79 bits per heavy atom. The summed E-state index contributed by atoms with van der Waals surface area (Å²) in [5, 5.41) is 0. The van der Waals surface area contributed by atoms with Gasteiger partial charge in [-0.25, -0.2) is 14.2 Å². The maximum Gasteiger partial charge on any atom is 0.338 e. The Morgan fingerprint density at radius 3 is 2.46 bits per heavy atom. The molecule has 0 unspecified atom stereocenters. The molecule has 0 N–H and O–H groups in total. The number of halogens is 2. The molecule has 0 saturated carbocycles. The number of hydrogen-bond acceptors (Lipinski definition) is 9. The lowest BCUT2D eigenvalue weighted by atomic mass is 9.95. The minimum atomic E-state index is -0.814. The molecule has 0 radical (unpaired) electrons. The van der Waals surface area contributed by atoms with Gasteiger partial charge in [-0.2, -0.15) is 0 Å².